The number of hydrogen-bond acceptors (Lipinski definition) is 8. The Morgan fingerprint density at radius 2 is 1.81 bits per heavy atom. The van der Waals surface area contributed by atoms with Gasteiger partial charge in [-0.05, 0) is 54.0 Å². The number of aromatic nitrogens is 4. The van der Waals surface area contributed by atoms with Gasteiger partial charge in [0.25, 0.3) is 0 Å². The van der Waals surface area contributed by atoms with Crippen LogP contribution in [0, 0.1) is 12.7 Å². The minimum absolute atomic E-state index is 0.242. The van der Waals surface area contributed by atoms with Crippen LogP contribution in [0.5, 0.6) is 0 Å². The molecular formula is C30H34FN7O4. The van der Waals surface area contributed by atoms with Crippen LogP contribution in [0.1, 0.15) is 29.3 Å². The number of ether oxygens (including phenoxy) is 1. The number of nitrogens with one attached hydrogen (secondary N) is 1. The van der Waals surface area contributed by atoms with Crippen molar-refractivity contribution < 1.29 is 23.1 Å². The summed E-state index contributed by atoms with van der Waals surface area (Å²) in [5, 5.41) is 15.3. The van der Waals surface area contributed by atoms with Gasteiger partial charge < -0.3 is 19.4 Å². The fourth-order valence-electron chi connectivity index (χ4n) is 4.86. The average Bonchev–Trinajstić information content (AvgIpc) is 3.66. The molecular weight excluding hydrogens is 541 g/mol. The van der Waals surface area contributed by atoms with Crippen molar-refractivity contribution in [3.05, 3.63) is 89.4 Å². The molecule has 1 N–H and O–H groups in total. The number of nitrogens with zero attached hydrogens (tertiary/aromatic N) is 6. The van der Waals surface area contributed by atoms with E-state index < -0.39 is 11.9 Å². The Morgan fingerprint density at radius 3 is 2.52 bits per heavy atom. The number of furan rings is 1. The molecule has 2 aromatic carbocycles. The van der Waals surface area contributed by atoms with Crippen LogP contribution in [0.15, 0.2) is 71.1 Å². The number of rotatable bonds is 12. The smallest absolute Gasteiger partial charge is 0.247 e. The first-order valence-corrected chi connectivity index (χ1v) is 14.0. The molecule has 0 aliphatic carbocycles. The third-order valence-corrected chi connectivity index (χ3v) is 7.04. The molecule has 1 fully saturated rings. The second-order valence-electron chi connectivity index (χ2n) is 10.1. The number of carbonyl (C=O) groups excluding carboxylic acids is 2. The van der Waals surface area contributed by atoms with Crippen LogP contribution in [0.3, 0.4) is 0 Å². The summed E-state index contributed by atoms with van der Waals surface area (Å²) in [6, 6.07) is 17.7. The van der Waals surface area contributed by atoms with Crippen molar-refractivity contribution in [2.75, 3.05) is 39.4 Å². The minimum Gasteiger partial charge on any atom is -0.458 e. The summed E-state index contributed by atoms with van der Waals surface area (Å²) in [5.41, 5.74) is 1.42. The highest BCUT2D eigenvalue weighted by Gasteiger charge is 2.32. The average molecular weight is 576 g/mol. The van der Waals surface area contributed by atoms with Gasteiger partial charge in [-0.25, -0.2) is 4.39 Å². The standard InChI is InChI=1S/C30H34FN7O4/c1-22-8-13-26(42-22)29-33-35-38(34-29)21-27(39)37(15-5-14-36-16-18-41-19-17-36)28(24-9-11-25(31)12-10-24)30(40)32-20-23-6-3-2-4-7-23/h2-4,6-13,28H,5,14-21H2,1H3,(H,32,40)/t28-/m0/s1. The van der Waals surface area contributed by atoms with Gasteiger partial charge in [-0.15, -0.1) is 10.2 Å². The molecule has 42 heavy (non-hydrogen) atoms. The highest BCUT2D eigenvalue weighted by molar-refractivity contribution is 5.88. The molecule has 0 unspecified atom stereocenters. The molecule has 0 spiro atoms. The Labute approximate surface area is 243 Å². The number of carbonyl (C=O) groups is 2. The molecule has 2 aromatic heterocycles. The third-order valence-electron chi connectivity index (χ3n) is 7.04. The summed E-state index contributed by atoms with van der Waals surface area (Å²) in [7, 11) is 0. The van der Waals surface area contributed by atoms with E-state index in [1.807, 2.05) is 37.3 Å². The van der Waals surface area contributed by atoms with E-state index in [9.17, 15) is 14.0 Å². The maximum Gasteiger partial charge on any atom is 0.247 e. The number of morpholine rings is 1. The van der Waals surface area contributed by atoms with Gasteiger partial charge in [-0.3, -0.25) is 14.5 Å². The van der Waals surface area contributed by atoms with Crippen molar-refractivity contribution in [3.8, 4) is 11.6 Å². The first-order valence-electron chi connectivity index (χ1n) is 14.0. The second-order valence-corrected chi connectivity index (χ2v) is 10.1. The third kappa shape index (κ3) is 7.65. The van der Waals surface area contributed by atoms with Crippen LogP contribution in [0.2, 0.25) is 0 Å². The van der Waals surface area contributed by atoms with Gasteiger partial charge in [0, 0.05) is 32.7 Å². The molecule has 1 aliphatic heterocycles. The number of amides is 2. The summed E-state index contributed by atoms with van der Waals surface area (Å²) >= 11 is 0. The quantitative estimate of drug-likeness (QED) is 0.274. The molecule has 220 valence electrons. The molecule has 0 saturated carbocycles. The monoisotopic (exact) mass is 575 g/mol. The zero-order valence-corrected chi connectivity index (χ0v) is 23.5. The molecule has 12 heteroatoms. The van der Waals surface area contributed by atoms with Gasteiger partial charge in [0.2, 0.25) is 17.6 Å². The number of aryl methyl sites for hydroxylation is 1. The molecule has 1 atom stereocenters. The van der Waals surface area contributed by atoms with Gasteiger partial charge in [-0.1, -0.05) is 42.5 Å². The van der Waals surface area contributed by atoms with Gasteiger partial charge in [0.05, 0.1) is 13.2 Å². The van der Waals surface area contributed by atoms with E-state index in [2.05, 4.69) is 25.6 Å². The molecule has 0 radical (unpaired) electrons. The number of hydrogen-bond donors (Lipinski definition) is 1. The van der Waals surface area contributed by atoms with Crippen LogP contribution >= 0.6 is 0 Å². The molecule has 0 bridgehead atoms. The van der Waals surface area contributed by atoms with E-state index >= 15 is 0 Å². The van der Waals surface area contributed by atoms with Crippen molar-refractivity contribution in [2.24, 2.45) is 0 Å². The Kier molecular flexibility index (Phi) is 9.67. The van der Waals surface area contributed by atoms with Gasteiger partial charge in [-0.2, -0.15) is 4.80 Å². The SMILES string of the molecule is Cc1ccc(-c2nnn(CC(=O)N(CCCN3CCOCC3)[C@H](C(=O)NCc3ccccc3)c3ccc(F)cc3)n2)o1. The van der Waals surface area contributed by atoms with Gasteiger partial charge in [0.1, 0.15) is 24.2 Å². The lowest BCUT2D eigenvalue weighted by Crippen LogP contribution is -2.46. The van der Waals surface area contributed by atoms with Crippen LogP contribution < -0.4 is 5.32 Å². The largest absolute Gasteiger partial charge is 0.458 e. The lowest BCUT2D eigenvalue weighted by atomic mass is 10.0. The van der Waals surface area contributed by atoms with E-state index in [4.69, 9.17) is 9.15 Å². The highest BCUT2D eigenvalue weighted by Crippen LogP contribution is 2.24. The molecule has 2 amide bonds. The fourth-order valence-corrected chi connectivity index (χ4v) is 4.86. The van der Waals surface area contributed by atoms with E-state index in [1.165, 1.54) is 34.0 Å². The van der Waals surface area contributed by atoms with Crippen LogP contribution in [-0.4, -0.2) is 81.2 Å². The summed E-state index contributed by atoms with van der Waals surface area (Å²) < 4.78 is 24.9. The lowest BCUT2D eigenvalue weighted by molar-refractivity contribution is -0.142. The zero-order valence-electron chi connectivity index (χ0n) is 23.5. The van der Waals surface area contributed by atoms with Crippen molar-refractivity contribution in [1.29, 1.82) is 0 Å². The molecule has 1 aliphatic rings. The van der Waals surface area contributed by atoms with Crippen LogP contribution in [0.4, 0.5) is 4.39 Å². The van der Waals surface area contributed by atoms with E-state index in [0.29, 0.717) is 36.7 Å². The van der Waals surface area contributed by atoms with E-state index in [1.54, 1.807) is 12.1 Å². The zero-order chi connectivity index (χ0) is 29.3. The second kappa shape index (κ2) is 14.0. The molecule has 5 rings (SSSR count). The molecule has 4 aromatic rings. The van der Waals surface area contributed by atoms with Crippen molar-refractivity contribution in [3.63, 3.8) is 0 Å². The highest BCUT2D eigenvalue weighted by atomic mass is 19.1. The first kappa shape index (κ1) is 29.1. The summed E-state index contributed by atoms with van der Waals surface area (Å²) in [6.45, 7) is 5.82. The maximum atomic E-state index is 13.9. The predicted octanol–water partition coefficient (Wildman–Crippen LogP) is 2.99. The van der Waals surface area contributed by atoms with Gasteiger partial charge in [0.15, 0.2) is 5.76 Å². The van der Waals surface area contributed by atoms with E-state index in [-0.39, 0.29) is 37.3 Å². The molecule has 1 saturated heterocycles. The van der Waals surface area contributed by atoms with Gasteiger partial charge >= 0.3 is 0 Å². The van der Waals surface area contributed by atoms with Crippen LogP contribution in [0.25, 0.3) is 11.6 Å². The Balaban J connectivity index is 1.38. The number of benzene rings is 2. The molecule has 3 heterocycles. The fraction of sp³-hybridized carbons (Fsp3) is 0.367. The Morgan fingerprint density at radius 1 is 1.05 bits per heavy atom. The summed E-state index contributed by atoms with van der Waals surface area (Å²) in [5.74, 6) is 0.222. The lowest BCUT2D eigenvalue weighted by Gasteiger charge is -2.33. The maximum absolute atomic E-state index is 13.9. The number of tetrazole rings is 1. The topological polar surface area (TPSA) is 119 Å². The number of halogens is 1. The van der Waals surface area contributed by atoms with Crippen molar-refractivity contribution in [1.82, 2.24) is 35.3 Å². The van der Waals surface area contributed by atoms with Crippen molar-refractivity contribution >= 4 is 11.8 Å². The van der Waals surface area contributed by atoms with E-state index in [0.717, 1.165) is 25.2 Å². The summed E-state index contributed by atoms with van der Waals surface area (Å²) in [4.78, 5) is 32.6. The minimum atomic E-state index is -0.998. The predicted molar refractivity (Wildman–Crippen MR) is 151 cm³/mol. The van der Waals surface area contributed by atoms with Crippen LogP contribution in [-0.2, 0) is 27.4 Å². The Bertz CT molecular complexity index is 1450. The molecule has 11 nitrogen and oxygen atoms in total. The van der Waals surface area contributed by atoms with Crippen molar-refractivity contribution in [2.45, 2.75) is 32.5 Å². The normalized spacial score (nSPS) is 14.4. The first-order chi connectivity index (χ1) is 20.5. The Hall–Kier alpha value is -4.42. The summed E-state index contributed by atoms with van der Waals surface area (Å²) in [6.07, 6.45) is 0.622.